The lowest BCUT2D eigenvalue weighted by Crippen LogP contribution is -2.54. The number of piperidine rings is 1. The lowest BCUT2D eigenvalue weighted by atomic mass is 9.82. The van der Waals surface area contributed by atoms with Gasteiger partial charge in [-0.3, -0.25) is 9.13 Å². The fourth-order valence-electron chi connectivity index (χ4n) is 5.22. The summed E-state index contributed by atoms with van der Waals surface area (Å²) in [6, 6.07) is 3.44. The Labute approximate surface area is 189 Å². The first-order chi connectivity index (χ1) is 16.0. The quantitative estimate of drug-likeness (QED) is 0.470. The zero-order valence-electron chi connectivity index (χ0n) is 18.3. The second-order valence-electron chi connectivity index (χ2n) is 8.52. The number of benzene rings is 1. The summed E-state index contributed by atoms with van der Waals surface area (Å²) >= 11 is 0. The Hall–Kier alpha value is -3.69. The normalized spacial score (nSPS) is 19.2. The van der Waals surface area contributed by atoms with Crippen molar-refractivity contribution in [3.8, 4) is 23.0 Å². The standard InChI is InChI=1S/C23H22F2N8/c1-3-23-8-4-5-10-32(23)20-18(33-14(2)29-30-21(23)33)13-27-22(28-20)31-11-9-26-19(31)16-7-6-15(24)12-17(16)25/h6-7,9,11-13H,3-5,8,10H2,1-2H3/t23-/m1/s1. The van der Waals surface area contributed by atoms with Gasteiger partial charge in [-0.25, -0.2) is 18.7 Å². The number of halogens is 2. The third-order valence-electron chi connectivity index (χ3n) is 6.83. The van der Waals surface area contributed by atoms with Gasteiger partial charge in [0.1, 0.15) is 34.5 Å². The summed E-state index contributed by atoms with van der Waals surface area (Å²) in [7, 11) is 0. The van der Waals surface area contributed by atoms with Gasteiger partial charge < -0.3 is 4.90 Å². The molecule has 0 aliphatic carbocycles. The van der Waals surface area contributed by atoms with Gasteiger partial charge >= 0.3 is 0 Å². The fraction of sp³-hybridized carbons (Fsp3) is 0.348. The lowest BCUT2D eigenvalue weighted by molar-refractivity contribution is 0.274. The summed E-state index contributed by atoms with van der Waals surface area (Å²) in [6.07, 6.45) is 9.01. The summed E-state index contributed by atoms with van der Waals surface area (Å²) in [5, 5.41) is 8.92. The fourth-order valence-corrected chi connectivity index (χ4v) is 5.22. The van der Waals surface area contributed by atoms with E-state index in [0.717, 1.165) is 61.4 Å². The highest BCUT2D eigenvalue weighted by atomic mass is 19.1. The third-order valence-corrected chi connectivity index (χ3v) is 6.83. The molecule has 8 nitrogen and oxygen atoms in total. The van der Waals surface area contributed by atoms with Gasteiger partial charge in [-0.2, -0.15) is 4.98 Å². The number of nitrogens with zero attached hydrogens (tertiary/aromatic N) is 8. The minimum atomic E-state index is -0.689. The molecule has 2 aliphatic heterocycles. The number of rotatable bonds is 3. The highest BCUT2D eigenvalue weighted by Gasteiger charge is 2.48. The molecule has 10 heteroatoms. The molecule has 0 unspecified atom stereocenters. The van der Waals surface area contributed by atoms with E-state index in [0.29, 0.717) is 11.8 Å². The number of aromatic nitrogens is 7. The van der Waals surface area contributed by atoms with Crippen LogP contribution in [0.2, 0.25) is 0 Å². The summed E-state index contributed by atoms with van der Waals surface area (Å²) in [6.45, 7) is 4.96. The molecule has 1 fully saturated rings. The van der Waals surface area contributed by atoms with Crippen molar-refractivity contribution in [2.45, 2.75) is 45.1 Å². The summed E-state index contributed by atoms with van der Waals surface area (Å²) in [5.41, 5.74) is 0.733. The molecule has 3 aromatic heterocycles. The zero-order chi connectivity index (χ0) is 22.7. The summed E-state index contributed by atoms with van der Waals surface area (Å²) in [4.78, 5) is 16.2. The van der Waals surface area contributed by atoms with Crippen molar-refractivity contribution < 1.29 is 8.78 Å². The average Bonchev–Trinajstić information content (AvgIpc) is 3.46. The maximum atomic E-state index is 14.5. The van der Waals surface area contributed by atoms with Crippen molar-refractivity contribution in [3.05, 3.63) is 60.1 Å². The monoisotopic (exact) mass is 448 g/mol. The van der Waals surface area contributed by atoms with E-state index in [-0.39, 0.29) is 11.1 Å². The highest BCUT2D eigenvalue weighted by Crippen LogP contribution is 2.48. The van der Waals surface area contributed by atoms with E-state index >= 15 is 0 Å². The van der Waals surface area contributed by atoms with Gasteiger partial charge in [0.15, 0.2) is 11.6 Å². The Balaban J connectivity index is 1.54. The Kier molecular flexibility index (Phi) is 4.33. The van der Waals surface area contributed by atoms with Crippen LogP contribution in [-0.2, 0) is 5.54 Å². The Morgan fingerprint density at radius 1 is 1.12 bits per heavy atom. The number of fused-ring (bicyclic) bond motifs is 6. The molecule has 5 heterocycles. The maximum absolute atomic E-state index is 14.5. The first kappa shape index (κ1) is 20.0. The van der Waals surface area contributed by atoms with E-state index < -0.39 is 11.6 Å². The molecule has 33 heavy (non-hydrogen) atoms. The van der Waals surface area contributed by atoms with Gasteiger partial charge in [-0.1, -0.05) is 6.92 Å². The second-order valence-corrected chi connectivity index (χ2v) is 8.52. The van der Waals surface area contributed by atoms with Crippen molar-refractivity contribution >= 4 is 5.82 Å². The van der Waals surface area contributed by atoms with Crippen LogP contribution in [0, 0.1) is 18.6 Å². The van der Waals surface area contributed by atoms with Crippen molar-refractivity contribution in [2.75, 3.05) is 11.4 Å². The molecule has 6 rings (SSSR count). The molecule has 0 bridgehead atoms. The average molecular weight is 448 g/mol. The van der Waals surface area contributed by atoms with Gasteiger partial charge in [0.25, 0.3) is 0 Å². The van der Waals surface area contributed by atoms with Crippen LogP contribution in [0.1, 0.15) is 44.3 Å². The van der Waals surface area contributed by atoms with Crippen LogP contribution in [0.25, 0.3) is 23.0 Å². The van der Waals surface area contributed by atoms with E-state index in [1.165, 1.54) is 12.1 Å². The SMILES string of the molecule is CC[C@]12CCCCN1c1nc(-n3ccnc3-c3ccc(F)cc3F)ncc1-n1c(C)nnc12. The van der Waals surface area contributed by atoms with Crippen molar-refractivity contribution in [1.82, 2.24) is 34.3 Å². The number of imidazole rings is 1. The second kappa shape index (κ2) is 7.16. The van der Waals surface area contributed by atoms with Crippen LogP contribution in [-0.4, -0.2) is 40.8 Å². The molecule has 0 N–H and O–H groups in total. The Bertz CT molecular complexity index is 1380. The van der Waals surface area contributed by atoms with E-state index in [1.807, 2.05) is 6.92 Å². The van der Waals surface area contributed by atoms with Crippen LogP contribution in [0.15, 0.2) is 36.8 Å². The van der Waals surface area contributed by atoms with Gasteiger partial charge in [0.2, 0.25) is 5.95 Å². The van der Waals surface area contributed by atoms with Crippen LogP contribution >= 0.6 is 0 Å². The van der Waals surface area contributed by atoms with E-state index in [4.69, 9.17) is 4.98 Å². The number of hydrogen-bond acceptors (Lipinski definition) is 6. The van der Waals surface area contributed by atoms with E-state index in [9.17, 15) is 8.78 Å². The molecular weight excluding hydrogens is 426 g/mol. The maximum Gasteiger partial charge on any atom is 0.237 e. The molecule has 1 saturated heterocycles. The molecule has 0 spiro atoms. The molecule has 168 valence electrons. The van der Waals surface area contributed by atoms with Crippen LogP contribution in [0.3, 0.4) is 0 Å². The number of anilines is 1. The smallest absolute Gasteiger partial charge is 0.237 e. The predicted molar refractivity (Wildman–Crippen MR) is 117 cm³/mol. The first-order valence-electron chi connectivity index (χ1n) is 11.1. The van der Waals surface area contributed by atoms with Crippen molar-refractivity contribution in [2.24, 2.45) is 0 Å². The highest BCUT2D eigenvalue weighted by molar-refractivity contribution is 5.65. The Morgan fingerprint density at radius 2 is 2.00 bits per heavy atom. The van der Waals surface area contributed by atoms with E-state index in [1.54, 1.807) is 23.2 Å². The van der Waals surface area contributed by atoms with Crippen LogP contribution in [0.4, 0.5) is 14.6 Å². The third kappa shape index (κ3) is 2.76. The van der Waals surface area contributed by atoms with Gasteiger partial charge in [-0.05, 0) is 44.7 Å². The Morgan fingerprint density at radius 3 is 2.82 bits per heavy atom. The molecule has 1 aromatic carbocycles. The summed E-state index contributed by atoms with van der Waals surface area (Å²) < 4.78 is 31.6. The summed E-state index contributed by atoms with van der Waals surface area (Å²) in [5.74, 6) is 1.88. The van der Waals surface area contributed by atoms with Crippen LogP contribution < -0.4 is 4.90 Å². The van der Waals surface area contributed by atoms with Crippen LogP contribution in [0.5, 0.6) is 0 Å². The molecule has 4 aromatic rings. The molecule has 1 atom stereocenters. The number of hydrogen-bond donors (Lipinski definition) is 0. The van der Waals surface area contributed by atoms with Gasteiger partial charge in [0.05, 0.1) is 11.8 Å². The minimum Gasteiger partial charge on any atom is -0.342 e. The largest absolute Gasteiger partial charge is 0.342 e. The zero-order valence-corrected chi connectivity index (χ0v) is 18.3. The lowest BCUT2D eigenvalue weighted by Gasteiger charge is -2.49. The topological polar surface area (TPSA) is 77.5 Å². The minimum absolute atomic E-state index is 0.181. The molecule has 0 radical (unpaired) electrons. The van der Waals surface area contributed by atoms with E-state index in [2.05, 4.69) is 36.6 Å². The molecular formula is C23H22F2N8. The van der Waals surface area contributed by atoms with Crippen molar-refractivity contribution in [3.63, 3.8) is 0 Å². The molecule has 2 aliphatic rings. The predicted octanol–water partition coefficient (Wildman–Crippen LogP) is 4.11. The molecule has 0 saturated carbocycles. The first-order valence-corrected chi connectivity index (χ1v) is 11.1. The van der Waals surface area contributed by atoms with Gasteiger partial charge in [-0.15, -0.1) is 10.2 Å². The van der Waals surface area contributed by atoms with Crippen molar-refractivity contribution in [1.29, 1.82) is 0 Å². The number of aryl methyl sites for hydroxylation is 1. The molecule has 0 amide bonds. The van der Waals surface area contributed by atoms with Gasteiger partial charge in [0, 0.05) is 25.0 Å².